The lowest BCUT2D eigenvalue weighted by atomic mass is 9.97. The number of para-hydroxylation sites is 2. The molecule has 0 bridgehead atoms. The molecule has 4 nitrogen and oxygen atoms in total. The average molecular weight is 780 g/mol. The van der Waals surface area contributed by atoms with E-state index in [2.05, 4.69) is 194 Å². The van der Waals surface area contributed by atoms with E-state index in [1.807, 2.05) is 30.3 Å². The molecule has 0 fully saturated rings. The van der Waals surface area contributed by atoms with Crippen LogP contribution >= 0.6 is 0 Å². The van der Waals surface area contributed by atoms with Crippen LogP contribution < -0.4 is 0 Å². The normalized spacial score (nSPS) is 11.3. The number of rotatable bonds is 8. The first-order valence-electron chi connectivity index (χ1n) is 20.5. The molecule has 0 amide bonds. The minimum Gasteiger partial charge on any atom is -0.455 e. The Morgan fingerprint density at radius 3 is 1.15 bits per heavy atom. The number of hydrogen-bond donors (Lipinski definition) is 0. The van der Waals surface area contributed by atoms with Crippen LogP contribution in [-0.4, -0.2) is 15.0 Å². The van der Waals surface area contributed by atoms with Gasteiger partial charge < -0.3 is 4.42 Å². The molecule has 11 aromatic rings. The molecule has 0 unspecified atom stereocenters. The summed E-state index contributed by atoms with van der Waals surface area (Å²) in [4.78, 5) is 15.3. The molecule has 0 N–H and O–H groups in total. The van der Waals surface area contributed by atoms with Crippen LogP contribution in [0.25, 0.3) is 112 Å². The Bertz CT molecular complexity index is 3300. The molecule has 2 aromatic heterocycles. The van der Waals surface area contributed by atoms with Crippen molar-refractivity contribution in [3.8, 4) is 89.8 Å². The van der Waals surface area contributed by atoms with Crippen molar-refractivity contribution in [2.45, 2.75) is 0 Å². The zero-order chi connectivity index (χ0) is 40.5. The van der Waals surface area contributed by atoms with Crippen LogP contribution in [-0.2, 0) is 0 Å². The number of nitrogens with zero attached hydrogens (tertiary/aromatic N) is 3. The molecule has 286 valence electrons. The molecule has 0 saturated carbocycles. The van der Waals surface area contributed by atoms with E-state index in [9.17, 15) is 0 Å². The maximum Gasteiger partial charge on any atom is 0.164 e. The molecule has 2 heterocycles. The lowest BCUT2D eigenvalue weighted by Crippen LogP contribution is -2.01. The molecule has 4 heteroatoms. The lowest BCUT2D eigenvalue weighted by Gasteiger charge is -2.12. The van der Waals surface area contributed by atoms with Gasteiger partial charge in [-0.25, -0.2) is 15.0 Å². The second-order valence-electron chi connectivity index (χ2n) is 15.2. The first-order chi connectivity index (χ1) is 30.2. The molecular weight excluding hydrogens is 743 g/mol. The summed E-state index contributed by atoms with van der Waals surface area (Å²) in [6.45, 7) is 0. The third kappa shape index (κ3) is 6.96. The Morgan fingerprint density at radius 2 is 0.590 bits per heavy atom. The van der Waals surface area contributed by atoms with Crippen LogP contribution in [0.1, 0.15) is 0 Å². The SMILES string of the molecule is c1ccc(-c2ccc(-c3nc(-c4ccc(-c5ccc(-c6ccc(-c7cccc8c7oc7ccccc78)cc6)cc5)cc4)nc(-c4ccccc4-c4ccccc4)n3)cc2)cc1. The Labute approximate surface area is 354 Å². The van der Waals surface area contributed by atoms with E-state index in [-0.39, 0.29) is 0 Å². The highest BCUT2D eigenvalue weighted by atomic mass is 16.3. The molecule has 0 aliphatic carbocycles. The van der Waals surface area contributed by atoms with Gasteiger partial charge in [0.1, 0.15) is 11.2 Å². The highest BCUT2D eigenvalue weighted by Crippen LogP contribution is 2.37. The molecule has 11 rings (SSSR count). The Hall–Kier alpha value is -8.21. The number of fused-ring (bicyclic) bond motifs is 3. The number of benzene rings is 9. The van der Waals surface area contributed by atoms with Crippen LogP contribution in [0.2, 0.25) is 0 Å². The van der Waals surface area contributed by atoms with Gasteiger partial charge in [0.25, 0.3) is 0 Å². The van der Waals surface area contributed by atoms with Gasteiger partial charge in [0.05, 0.1) is 0 Å². The smallest absolute Gasteiger partial charge is 0.164 e. The maximum atomic E-state index is 6.31. The summed E-state index contributed by atoms with van der Waals surface area (Å²) >= 11 is 0. The van der Waals surface area contributed by atoms with E-state index in [1.165, 1.54) is 5.56 Å². The quantitative estimate of drug-likeness (QED) is 0.154. The van der Waals surface area contributed by atoms with E-state index in [4.69, 9.17) is 19.4 Å². The first kappa shape index (κ1) is 35.9. The third-order valence-electron chi connectivity index (χ3n) is 11.4. The van der Waals surface area contributed by atoms with Crippen LogP contribution in [0.15, 0.2) is 229 Å². The Morgan fingerprint density at radius 1 is 0.230 bits per heavy atom. The minimum absolute atomic E-state index is 0.622. The second kappa shape index (κ2) is 15.5. The fourth-order valence-electron chi connectivity index (χ4n) is 8.23. The Balaban J connectivity index is 0.892. The van der Waals surface area contributed by atoms with Gasteiger partial charge in [0.15, 0.2) is 17.5 Å². The molecule has 0 aliphatic heterocycles. The third-order valence-corrected chi connectivity index (χ3v) is 11.4. The van der Waals surface area contributed by atoms with Crippen LogP contribution in [0, 0.1) is 0 Å². The van der Waals surface area contributed by atoms with Gasteiger partial charge in [0, 0.05) is 33.0 Å². The molecule has 0 atom stereocenters. The highest BCUT2D eigenvalue weighted by Gasteiger charge is 2.17. The molecule has 0 spiro atoms. The predicted molar refractivity (Wildman–Crippen MR) is 251 cm³/mol. The molecular formula is C57H37N3O. The fourth-order valence-corrected chi connectivity index (χ4v) is 8.23. The van der Waals surface area contributed by atoms with Crippen molar-refractivity contribution in [3.63, 3.8) is 0 Å². The predicted octanol–water partition coefficient (Wildman–Crippen LogP) is 15.1. The summed E-state index contributed by atoms with van der Waals surface area (Å²) in [5.41, 5.74) is 15.9. The van der Waals surface area contributed by atoms with Gasteiger partial charge in [0.2, 0.25) is 0 Å². The summed E-state index contributed by atoms with van der Waals surface area (Å²) in [6, 6.07) is 78.2. The topological polar surface area (TPSA) is 51.8 Å². The average Bonchev–Trinajstić information content (AvgIpc) is 3.74. The van der Waals surface area contributed by atoms with Gasteiger partial charge >= 0.3 is 0 Å². The van der Waals surface area contributed by atoms with Gasteiger partial charge in [-0.2, -0.15) is 0 Å². The van der Waals surface area contributed by atoms with E-state index in [0.29, 0.717) is 17.5 Å². The summed E-state index contributed by atoms with van der Waals surface area (Å²) in [6.07, 6.45) is 0. The lowest BCUT2D eigenvalue weighted by molar-refractivity contribution is 0.670. The van der Waals surface area contributed by atoms with E-state index in [0.717, 1.165) is 88.7 Å². The van der Waals surface area contributed by atoms with Crippen molar-refractivity contribution < 1.29 is 4.42 Å². The van der Waals surface area contributed by atoms with Gasteiger partial charge in [-0.3, -0.25) is 0 Å². The monoisotopic (exact) mass is 779 g/mol. The summed E-state index contributed by atoms with van der Waals surface area (Å²) in [7, 11) is 0. The van der Waals surface area contributed by atoms with Crippen molar-refractivity contribution in [2.75, 3.05) is 0 Å². The highest BCUT2D eigenvalue weighted by molar-refractivity contribution is 6.09. The number of furan rings is 1. The van der Waals surface area contributed by atoms with Gasteiger partial charge in [-0.1, -0.05) is 218 Å². The summed E-state index contributed by atoms with van der Waals surface area (Å²) in [5, 5.41) is 2.28. The molecule has 0 radical (unpaired) electrons. The van der Waals surface area contributed by atoms with Crippen molar-refractivity contribution in [2.24, 2.45) is 0 Å². The molecule has 0 aliphatic rings. The summed E-state index contributed by atoms with van der Waals surface area (Å²) in [5.74, 6) is 1.88. The first-order valence-corrected chi connectivity index (χ1v) is 20.5. The number of hydrogen-bond acceptors (Lipinski definition) is 4. The standard InChI is InChI=1S/C57H37N3O/c1-3-12-38(13-4-1)39-28-34-46(35-29-39)55-58-56(60-57(59-55)52-18-8-7-16-48(52)44-14-5-2-6-15-44)47-36-30-43(31-37-47)41-24-22-40(23-25-41)42-26-32-45(33-27-42)49-19-11-20-51-50-17-9-10-21-53(50)61-54(49)51/h1-37H. The maximum absolute atomic E-state index is 6.31. The Kier molecular flexibility index (Phi) is 9.14. The van der Waals surface area contributed by atoms with E-state index in [1.54, 1.807) is 0 Å². The minimum atomic E-state index is 0.622. The van der Waals surface area contributed by atoms with Gasteiger partial charge in [-0.05, 0) is 56.1 Å². The van der Waals surface area contributed by atoms with E-state index >= 15 is 0 Å². The van der Waals surface area contributed by atoms with Crippen molar-refractivity contribution >= 4 is 21.9 Å². The molecule has 0 saturated heterocycles. The van der Waals surface area contributed by atoms with Crippen LogP contribution in [0.3, 0.4) is 0 Å². The second-order valence-corrected chi connectivity index (χ2v) is 15.2. The van der Waals surface area contributed by atoms with Crippen molar-refractivity contribution in [1.29, 1.82) is 0 Å². The fraction of sp³-hybridized carbons (Fsp3) is 0. The van der Waals surface area contributed by atoms with Gasteiger partial charge in [-0.15, -0.1) is 0 Å². The molecule has 61 heavy (non-hydrogen) atoms. The van der Waals surface area contributed by atoms with E-state index < -0.39 is 0 Å². The van der Waals surface area contributed by atoms with Crippen LogP contribution in [0.4, 0.5) is 0 Å². The number of aromatic nitrogens is 3. The largest absolute Gasteiger partial charge is 0.455 e. The van der Waals surface area contributed by atoms with Crippen LogP contribution in [0.5, 0.6) is 0 Å². The van der Waals surface area contributed by atoms with Crippen molar-refractivity contribution in [1.82, 2.24) is 15.0 Å². The zero-order valence-corrected chi connectivity index (χ0v) is 33.1. The van der Waals surface area contributed by atoms with Crippen molar-refractivity contribution in [3.05, 3.63) is 224 Å². The zero-order valence-electron chi connectivity index (χ0n) is 33.1. The molecule has 9 aromatic carbocycles. The summed E-state index contributed by atoms with van der Waals surface area (Å²) < 4.78 is 6.31.